The first-order valence-electron chi connectivity index (χ1n) is 8.08. The Bertz CT molecular complexity index is 930. The monoisotopic (exact) mass is 367 g/mol. The highest BCUT2D eigenvalue weighted by Crippen LogP contribution is 2.22. The quantitative estimate of drug-likeness (QED) is 0.716. The number of aromatic nitrogens is 3. The third-order valence-electron chi connectivity index (χ3n) is 3.69. The third-order valence-corrected chi connectivity index (χ3v) is 3.92. The molecule has 2 N–H and O–H groups in total. The highest BCUT2D eigenvalue weighted by Gasteiger charge is 2.11. The molecule has 2 aromatic heterocycles. The zero-order chi connectivity index (χ0) is 18.5. The lowest BCUT2D eigenvalue weighted by Crippen LogP contribution is -2.24. The molecule has 3 rings (SSSR count). The molecule has 3 aromatic rings. The molecular weight excluding hydrogens is 350 g/mol. The Labute approximate surface area is 156 Å². The van der Waals surface area contributed by atoms with E-state index in [0.717, 1.165) is 16.9 Å². The predicted octanol–water partition coefficient (Wildman–Crippen LogP) is 3.82. The van der Waals surface area contributed by atoms with Gasteiger partial charge in [0.15, 0.2) is 0 Å². The maximum atomic E-state index is 12.4. The van der Waals surface area contributed by atoms with Gasteiger partial charge in [0.25, 0.3) is 5.91 Å². The molecule has 0 aliphatic rings. The molecule has 0 bridgehead atoms. The van der Waals surface area contributed by atoms with Crippen LogP contribution in [0.25, 0.3) is 0 Å². The van der Waals surface area contributed by atoms with E-state index in [0.29, 0.717) is 23.2 Å². The highest BCUT2D eigenvalue weighted by molar-refractivity contribution is 6.30. The van der Waals surface area contributed by atoms with Crippen molar-refractivity contribution >= 4 is 29.1 Å². The van der Waals surface area contributed by atoms with Crippen molar-refractivity contribution in [3.8, 4) is 0 Å². The summed E-state index contributed by atoms with van der Waals surface area (Å²) in [6, 6.07) is 12.7. The second kappa shape index (κ2) is 7.93. The fourth-order valence-corrected chi connectivity index (χ4v) is 2.53. The third kappa shape index (κ3) is 4.55. The Kier molecular flexibility index (Phi) is 5.43. The van der Waals surface area contributed by atoms with E-state index >= 15 is 0 Å². The molecule has 6 nitrogen and oxygen atoms in total. The van der Waals surface area contributed by atoms with Crippen molar-refractivity contribution in [2.45, 2.75) is 20.4 Å². The summed E-state index contributed by atoms with van der Waals surface area (Å²) in [7, 11) is 0. The molecule has 1 amide bonds. The van der Waals surface area contributed by atoms with Crippen LogP contribution >= 0.6 is 11.6 Å². The van der Waals surface area contributed by atoms with Gasteiger partial charge in [-0.25, -0.2) is 9.97 Å². The van der Waals surface area contributed by atoms with Crippen LogP contribution in [-0.2, 0) is 6.54 Å². The number of anilines is 2. The number of nitrogens with one attached hydrogen (secondary N) is 2. The molecule has 0 saturated heterocycles. The van der Waals surface area contributed by atoms with E-state index in [9.17, 15) is 4.79 Å². The van der Waals surface area contributed by atoms with Crippen LogP contribution < -0.4 is 10.6 Å². The van der Waals surface area contributed by atoms with Gasteiger partial charge in [0.05, 0.1) is 12.2 Å². The average Bonchev–Trinajstić information content (AvgIpc) is 2.63. The van der Waals surface area contributed by atoms with E-state index in [1.807, 2.05) is 44.2 Å². The Morgan fingerprint density at radius 1 is 1.12 bits per heavy atom. The molecule has 0 fully saturated rings. The molecule has 7 heteroatoms. The number of halogens is 1. The van der Waals surface area contributed by atoms with Crippen LogP contribution in [0.5, 0.6) is 0 Å². The molecule has 1 aromatic carbocycles. The van der Waals surface area contributed by atoms with Gasteiger partial charge in [-0.15, -0.1) is 0 Å². The van der Waals surface area contributed by atoms with Gasteiger partial charge < -0.3 is 10.6 Å². The zero-order valence-corrected chi connectivity index (χ0v) is 15.2. The number of amides is 1. The van der Waals surface area contributed by atoms with Crippen molar-refractivity contribution in [1.82, 2.24) is 20.3 Å². The molecule has 2 heterocycles. The average molecular weight is 368 g/mol. The summed E-state index contributed by atoms with van der Waals surface area (Å²) in [5, 5.41) is 6.55. The molecule has 0 aliphatic carbocycles. The van der Waals surface area contributed by atoms with E-state index in [1.54, 1.807) is 18.3 Å². The fraction of sp³-hybridized carbons (Fsp3) is 0.158. The molecule has 0 spiro atoms. The van der Waals surface area contributed by atoms with Crippen molar-refractivity contribution in [2.24, 2.45) is 0 Å². The highest BCUT2D eigenvalue weighted by atomic mass is 35.5. The molecule has 0 aliphatic heterocycles. The standard InChI is InChI=1S/C19H18ClN5O/c1-12-6-7-14(20)10-16(12)24-19-23-13(2)9-17(25-19)18(26)22-11-15-5-3-4-8-21-15/h3-10H,11H2,1-2H3,(H,22,26)(H,23,24,25). The normalized spacial score (nSPS) is 10.4. The van der Waals surface area contributed by atoms with Crippen LogP contribution in [-0.4, -0.2) is 20.9 Å². The van der Waals surface area contributed by atoms with Crippen LogP contribution in [0.4, 0.5) is 11.6 Å². The molecule has 0 unspecified atom stereocenters. The van der Waals surface area contributed by atoms with Crippen LogP contribution in [0.3, 0.4) is 0 Å². The SMILES string of the molecule is Cc1cc(C(=O)NCc2ccccn2)nc(Nc2cc(Cl)ccc2C)n1. The van der Waals surface area contributed by atoms with Gasteiger partial charge in [-0.05, 0) is 49.7 Å². The number of carbonyl (C=O) groups is 1. The van der Waals surface area contributed by atoms with Crippen molar-refractivity contribution in [3.63, 3.8) is 0 Å². The van der Waals surface area contributed by atoms with Gasteiger partial charge in [0.1, 0.15) is 5.69 Å². The minimum atomic E-state index is -0.285. The van der Waals surface area contributed by atoms with Crippen LogP contribution in [0, 0.1) is 13.8 Å². The maximum Gasteiger partial charge on any atom is 0.270 e. The molecular formula is C19H18ClN5O. The molecule has 0 saturated carbocycles. The summed E-state index contributed by atoms with van der Waals surface area (Å²) in [5.74, 6) is 0.0605. The minimum absolute atomic E-state index is 0.285. The lowest BCUT2D eigenvalue weighted by atomic mass is 10.2. The van der Waals surface area contributed by atoms with Gasteiger partial charge in [0.2, 0.25) is 5.95 Å². The maximum absolute atomic E-state index is 12.4. The summed E-state index contributed by atoms with van der Waals surface area (Å²) in [6.45, 7) is 4.10. The number of hydrogen-bond donors (Lipinski definition) is 2. The second-order valence-electron chi connectivity index (χ2n) is 5.81. The van der Waals surface area contributed by atoms with Gasteiger partial charge in [0, 0.05) is 22.6 Å². The van der Waals surface area contributed by atoms with Gasteiger partial charge in [-0.3, -0.25) is 9.78 Å². The van der Waals surface area contributed by atoms with Crippen LogP contribution in [0.15, 0.2) is 48.7 Å². The molecule has 0 atom stereocenters. The summed E-state index contributed by atoms with van der Waals surface area (Å²) < 4.78 is 0. The lowest BCUT2D eigenvalue weighted by molar-refractivity contribution is 0.0945. The van der Waals surface area contributed by atoms with Crippen molar-refractivity contribution in [2.75, 3.05) is 5.32 Å². The smallest absolute Gasteiger partial charge is 0.270 e. The van der Waals surface area contributed by atoms with E-state index in [2.05, 4.69) is 25.6 Å². The fourth-order valence-electron chi connectivity index (χ4n) is 2.35. The summed E-state index contributed by atoms with van der Waals surface area (Å²) in [5.41, 5.74) is 3.55. The Morgan fingerprint density at radius 2 is 1.96 bits per heavy atom. The number of carbonyl (C=O) groups excluding carboxylic acids is 1. The molecule has 132 valence electrons. The lowest BCUT2D eigenvalue weighted by Gasteiger charge is -2.11. The Morgan fingerprint density at radius 3 is 2.73 bits per heavy atom. The Balaban J connectivity index is 1.76. The van der Waals surface area contributed by atoms with Crippen molar-refractivity contribution in [3.05, 3.63) is 76.3 Å². The number of benzene rings is 1. The van der Waals surface area contributed by atoms with Crippen LogP contribution in [0.2, 0.25) is 5.02 Å². The summed E-state index contributed by atoms with van der Waals surface area (Å²) in [4.78, 5) is 25.3. The van der Waals surface area contributed by atoms with Crippen molar-refractivity contribution < 1.29 is 4.79 Å². The van der Waals surface area contributed by atoms with E-state index in [-0.39, 0.29) is 11.6 Å². The number of rotatable bonds is 5. The first-order valence-corrected chi connectivity index (χ1v) is 8.46. The predicted molar refractivity (Wildman–Crippen MR) is 102 cm³/mol. The van der Waals surface area contributed by atoms with E-state index < -0.39 is 0 Å². The van der Waals surface area contributed by atoms with Gasteiger partial charge in [-0.2, -0.15) is 0 Å². The first-order chi connectivity index (χ1) is 12.5. The molecule has 0 radical (unpaired) electrons. The number of nitrogens with zero attached hydrogens (tertiary/aromatic N) is 3. The first kappa shape index (κ1) is 17.8. The van der Waals surface area contributed by atoms with E-state index in [4.69, 9.17) is 11.6 Å². The number of aryl methyl sites for hydroxylation is 2. The summed E-state index contributed by atoms with van der Waals surface area (Å²) >= 11 is 6.04. The summed E-state index contributed by atoms with van der Waals surface area (Å²) in [6.07, 6.45) is 1.69. The van der Waals surface area contributed by atoms with Gasteiger partial charge in [-0.1, -0.05) is 23.7 Å². The zero-order valence-electron chi connectivity index (χ0n) is 14.5. The minimum Gasteiger partial charge on any atom is -0.345 e. The van der Waals surface area contributed by atoms with Gasteiger partial charge >= 0.3 is 0 Å². The van der Waals surface area contributed by atoms with Crippen molar-refractivity contribution in [1.29, 1.82) is 0 Å². The Hall–Kier alpha value is -2.99. The van der Waals surface area contributed by atoms with E-state index in [1.165, 1.54) is 0 Å². The number of pyridine rings is 1. The van der Waals surface area contributed by atoms with Crippen LogP contribution in [0.1, 0.15) is 27.4 Å². The largest absolute Gasteiger partial charge is 0.345 e. The number of hydrogen-bond acceptors (Lipinski definition) is 5. The topological polar surface area (TPSA) is 79.8 Å². The molecule has 26 heavy (non-hydrogen) atoms. The second-order valence-corrected chi connectivity index (χ2v) is 6.24.